The first-order chi connectivity index (χ1) is 10.6. The average Bonchev–Trinajstić information content (AvgIpc) is 2.79. The van der Waals surface area contributed by atoms with Gasteiger partial charge in [-0.1, -0.05) is 30.7 Å². The van der Waals surface area contributed by atoms with Crippen molar-refractivity contribution in [1.82, 2.24) is 10.6 Å². The van der Waals surface area contributed by atoms with Gasteiger partial charge in [0, 0.05) is 13.2 Å². The first-order valence-electron chi connectivity index (χ1n) is 7.94. The lowest BCUT2D eigenvalue weighted by molar-refractivity contribution is 0.0909. The zero-order chi connectivity index (χ0) is 15.9. The smallest absolute Gasteiger partial charge is 0.315 e. The van der Waals surface area contributed by atoms with Gasteiger partial charge in [-0.3, -0.25) is 0 Å². The van der Waals surface area contributed by atoms with Crippen molar-refractivity contribution in [1.29, 1.82) is 0 Å². The molecule has 0 heterocycles. The number of fused-ring (bicyclic) bond motifs is 1. The van der Waals surface area contributed by atoms with Gasteiger partial charge >= 0.3 is 6.03 Å². The normalized spacial score (nSPS) is 19.8. The highest BCUT2D eigenvalue weighted by Crippen LogP contribution is 2.36. The molecule has 3 N–H and O–H groups in total. The fourth-order valence-electron chi connectivity index (χ4n) is 2.92. The zero-order valence-corrected chi connectivity index (χ0v) is 13.4. The SMILES string of the molecule is Cc1ccc2c(c1)C(NC(=O)NCCCOCCO)C(C)C2. The summed E-state index contributed by atoms with van der Waals surface area (Å²) in [5.74, 6) is 0.412. The fourth-order valence-corrected chi connectivity index (χ4v) is 2.92. The average molecular weight is 306 g/mol. The minimum Gasteiger partial charge on any atom is -0.394 e. The number of hydrogen-bond donors (Lipinski definition) is 3. The molecule has 2 rings (SSSR count). The van der Waals surface area contributed by atoms with E-state index in [1.807, 2.05) is 0 Å². The molecule has 2 amide bonds. The van der Waals surface area contributed by atoms with Crippen LogP contribution in [0.2, 0.25) is 0 Å². The lowest BCUT2D eigenvalue weighted by Crippen LogP contribution is -2.39. The summed E-state index contributed by atoms with van der Waals surface area (Å²) >= 11 is 0. The summed E-state index contributed by atoms with van der Waals surface area (Å²) in [6, 6.07) is 6.42. The second kappa shape index (κ2) is 8.15. The summed E-state index contributed by atoms with van der Waals surface area (Å²) in [6.07, 6.45) is 1.75. The van der Waals surface area contributed by atoms with Crippen LogP contribution in [0.5, 0.6) is 0 Å². The van der Waals surface area contributed by atoms with Crippen LogP contribution in [0.3, 0.4) is 0 Å². The molecule has 2 unspecified atom stereocenters. The molecule has 1 aromatic rings. The summed E-state index contributed by atoms with van der Waals surface area (Å²) in [7, 11) is 0. The molecule has 1 aliphatic carbocycles. The quantitative estimate of drug-likeness (QED) is 0.674. The van der Waals surface area contributed by atoms with E-state index in [0.29, 0.717) is 25.7 Å². The summed E-state index contributed by atoms with van der Waals surface area (Å²) < 4.78 is 5.15. The number of hydrogen-bond acceptors (Lipinski definition) is 3. The predicted octanol–water partition coefficient (Wildman–Crippen LogP) is 1.93. The summed E-state index contributed by atoms with van der Waals surface area (Å²) in [5, 5.41) is 14.5. The van der Waals surface area contributed by atoms with E-state index in [4.69, 9.17) is 9.84 Å². The van der Waals surface area contributed by atoms with Crippen molar-refractivity contribution in [2.45, 2.75) is 32.7 Å². The van der Waals surface area contributed by atoms with Crippen molar-refractivity contribution in [3.63, 3.8) is 0 Å². The third-order valence-electron chi connectivity index (χ3n) is 4.02. The van der Waals surface area contributed by atoms with Crippen LogP contribution in [0.4, 0.5) is 4.79 Å². The molecule has 0 fully saturated rings. The molecule has 0 spiro atoms. The van der Waals surface area contributed by atoms with E-state index in [-0.39, 0.29) is 18.7 Å². The molecular weight excluding hydrogens is 280 g/mol. The van der Waals surface area contributed by atoms with E-state index in [1.165, 1.54) is 16.7 Å². The van der Waals surface area contributed by atoms with E-state index >= 15 is 0 Å². The second-order valence-electron chi connectivity index (χ2n) is 5.95. The van der Waals surface area contributed by atoms with E-state index < -0.39 is 0 Å². The van der Waals surface area contributed by atoms with Crippen molar-refractivity contribution in [2.24, 2.45) is 5.92 Å². The first kappa shape index (κ1) is 16.8. The molecule has 1 aliphatic rings. The summed E-state index contributed by atoms with van der Waals surface area (Å²) in [5.41, 5.74) is 3.80. The van der Waals surface area contributed by atoms with Crippen LogP contribution in [0.25, 0.3) is 0 Å². The molecule has 2 atom stereocenters. The van der Waals surface area contributed by atoms with Crippen LogP contribution in [0.1, 0.15) is 36.1 Å². The van der Waals surface area contributed by atoms with E-state index in [9.17, 15) is 4.79 Å². The van der Waals surface area contributed by atoms with Gasteiger partial charge in [0.05, 0.1) is 19.3 Å². The number of aliphatic hydroxyl groups is 1. The molecular formula is C17H26N2O3. The van der Waals surface area contributed by atoms with Gasteiger partial charge in [0.2, 0.25) is 0 Å². The standard InChI is InChI=1S/C17H26N2O3/c1-12-4-5-14-11-13(2)16(15(14)10-12)19-17(21)18-6-3-8-22-9-7-20/h4-5,10,13,16,20H,3,6-9,11H2,1-2H3,(H2,18,19,21). The Kier molecular flexibility index (Phi) is 6.21. The molecule has 0 radical (unpaired) electrons. The molecule has 1 aromatic carbocycles. The number of urea groups is 1. The Morgan fingerprint density at radius 3 is 3.00 bits per heavy atom. The van der Waals surface area contributed by atoms with Gasteiger partial charge in [-0.15, -0.1) is 0 Å². The number of benzene rings is 1. The van der Waals surface area contributed by atoms with E-state index in [2.05, 4.69) is 42.7 Å². The molecule has 0 aliphatic heterocycles. The number of aryl methyl sites for hydroxylation is 1. The number of carbonyl (C=O) groups is 1. The number of ether oxygens (including phenoxy) is 1. The van der Waals surface area contributed by atoms with Gasteiger partial charge in [-0.25, -0.2) is 4.79 Å². The highest BCUT2D eigenvalue weighted by molar-refractivity contribution is 5.74. The highest BCUT2D eigenvalue weighted by Gasteiger charge is 2.30. The van der Waals surface area contributed by atoms with Crippen molar-refractivity contribution >= 4 is 6.03 Å². The lowest BCUT2D eigenvalue weighted by atomic mass is 10.0. The van der Waals surface area contributed by atoms with Gasteiger partial charge in [-0.2, -0.15) is 0 Å². The second-order valence-corrected chi connectivity index (χ2v) is 5.95. The molecule has 0 saturated heterocycles. The van der Waals surface area contributed by atoms with Gasteiger partial charge in [0.25, 0.3) is 0 Å². The third-order valence-corrected chi connectivity index (χ3v) is 4.02. The van der Waals surface area contributed by atoms with E-state index in [0.717, 1.165) is 12.8 Å². The summed E-state index contributed by atoms with van der Waals surface area (Å²) in [6.45, 7) is 5.74. The van der Waals surface area contributed by atoms with Crippen LogP contribution < -0.4 is 10.6 Å². The number of aliphatic hydroxyl groups excluding tert-OH is 1. The fraction of sp³-hybridized carbons (Fsp3) is 0.588. The Balaban J connectivity index is 1.79. The zero-order valence-electron chi connectivity index (χ0n) is 13.4. The van der Waals surface area contributed by atoms with Crippen molar-refractivity contribution in [3.8, 4) is 0 Å². The molecule has 0 saturated carbocycles. The van der Waals surface area contributed by atoms with Crippen LogP contribution in [0, 0.1) is 12.8 Å². The predicted molar refractivity (Wildman–Crippen MR) is 85.8 cm³/mol. The maximum absolute atomic E-state index is 12.0. The van der Waals surface area contributed by atoms with Crippen LogP contribution in [-0.4, -0.2) is 37.5 Å². The van der Waals surface area contributed by atoms with Crippen molar-refractivity contribution in [2.75, 3.05) is 26.4 Å². The van der Waals surface area contributed by atoms with Gasteiger partial charge in [0.15, 0.2) is 0 Å². The van der Waals surface area contributed by atoms with Crippen molar-refractivity contribution < 1.29 is 14.6 Å². The van der Waals surface area contributed by atoms with Crippen molar-refractivity contribution in [3.05, 3.63) is 34.9 Å². The summed E-state index contributed by atoms with van der Waals surface area (Å²) in [4.78, 5) is 12.0. The Morgan fingerprint density at radius 1 is 1.41 bits per heavy atom. The first-order valence-corrected chi connectivity index (χ1v) is 7.94. The minimum atomic E-state index is -0.131. The Labute approximate surface area is 132 Å². The van der Waals surface area contributed by atoms with Crippen LogP contribution in [-0.2, 0) is 11.2 Å². The van der Waals surface area contributed by atoms with Gasteiger partial charge in [0.1, 0.15) is 0 Å². The Bertz CT molecular complexity index is 505. The lowest BCUT2D eigenvalue weighted by Gasteiger charge is -2.19. The molecule has 22 heavy (non-hydrogen) atoms. The molecule has 5 nitrogen and oxygen atoms in total. The number of amides is 2. The molecule has 122 valence electrons. The molecule has 0 aromatic heterocycles. The maximum Gasteiger partial charge on any atom is 0.315 e. The molecule has 5 heteroatoms. The van der Waals surface area contributed by atoms with Crippen LogP contribution in [0.15, 0.2) is 18.2 Å². The minimum absolute atomic E-state index is 0.0340. The third kappa shape index (κ3) is 4.45. The monoisotopic (exact) mass is 306 g/mol. The Hall–Kier alpha value is -1.59. The number of nitrogens with one attached hydrogen (secondary N) is 2. The largest absolute Gasteiger partial charge is 0.394 e. The number of rotatable bonds is 7. The van der Waals surface area contributed by atoms with Gasteiger partial charge < -0.3 is 20.5 Å². The number of carbonyl (C=O) groups excluding carboxylic acids is 1. The van der Waals surface area contributed by atoms with Gasteiger partial charge in [-0.05, 0) is 36.8 Å². The topological polar surface area (TPSA) is 70.6 Å². The Morgan fingerprint density at radius 2 is 2.23 bits per heavy atom. The molecule has 0 bridgehead atoms. The maximum atomic E-state index is 12.0. The highest BCUT2D eigenvalue weighted by atomic mass is 16.5. The van der Waals surface area contributed by atoms with Crippen LogP contribution >= 0.6 is 0 Å². The van der Waals surface area contributed by atoms with E-state index in [1.54, 1.807) is 0 Å².